The third kappa shape index (κ3) is 3.16. The van der Waals surface area contributed by atoms with Crippen LogP contribution in [-0.2, 0) is 6.42 Å². The second-order valence-corrected chi connectivity index (χ2v) is 4.29. The Morgan fingerprint density at radius 3 is 2.33 bits per heavy atom. The van der Waals surface area contributed by atoms with Crippen LogP contribution in [0.25, 0.3) is 6.08 Å². The molecule has 0 aromatic heterocycles. The molecule has 4 heteroatoms. The van der Waals surface area contributed by atoms with Gasteiger partial charge in [0.15, 0.2) is 17.5 Å². The summed E-state index contributed by atoms with van der Waals surface area (Å²) < 4.78 is 45.8. The average Bonchev–Trinajstić information content (AvgIpc) is 2.50. The van der Waals surface area contributed by atoms with E-state index >= 15 is 0 Å². The number of rotatable bonds is 5. The van der Waals surface area contributed by atoms with Crippen molar-refractivity contribution in [3.05, 3.63) is 78.1 Å². The van der Waals surface area contributed by atoms with E-state index in [-0.39, 0.29) is 17.7 Å². The molecular weight excluding hydrogens is 277 g/mol. The molecule has 0 saturated carbocycles. The molecule has 0 bridgehead atoms. The molecule has 0 fully saturated rings. The molecule has 0 aliphatic carbocycles. The predicted octanol–water partition coefficient (Wildman–Crippen LogP) is 5.07. The van der Waals surface area contributed by atoms with E-state index < -0.39 is 17.5 Å². The molecule has 2 rings (SSSR count). The molecule has 0 spiro atoms. The maximum absolute atomic E-state index is 13.8. The van der Waals surface area contributed by atoms with Crippen molar-refractivity contribution in [1.29, 1.82) is 0 Å². The van der Waals surface area contributed by atoms with E-state index in [1.54, 1.807) is 24.3 Å². The third-order valence-corrected chi connectivity index (χ3v) is 2.87. The molecule has 0 heterocycles. The van der Waals surface area contributed by atoms with Gasteiger partial charge in [-0.2, -0.15) is 0 Å². The van der Waals surface area contributed by atoms with Crippen molar-refractivity contribution in [2.75, 3.05) is 0 Å². The molecule has 2 aromatic rings. The van der Waals surface area contributed by atoms with Crippen LogP contribution in [0.15, 0.2) is 43.0 Å². The Labute approximate surface area is 121 Å². The zero-order valence-corrected chi connectivity index (χ0v) is 11.1. The van der Waals surface area contributed by atoms with Gasteiger partial charge in [-0.1, -0.05) is 30.9 Å². The average molecular weight is 289 g/mol. The lowest BCUT2D eigenvalue weighted by Gasteiger charge is -2.12. The minimum Gasteiger partial charge on any atom is -0.457 e. The van der Waals surface area contributed by atoms with Crippen LogP contribution in [-0.4, -0.2) is 0 Å². The fourth-order valence-electron chi connectivity index (χ4n) is 1.81. The van der Waals surface area contributed by atoms with Gasteiger partial charge >= 0.3 is 0 Å². The topological polar surface area (TPSA) is 9.23 Å². The normalized spacial score (nSPS) is 10.2. The minimum absolute atomic E-state index is 0.0209. The van der Waals surface area contributed by atoms with E-state index in [1.165, 1.54) is 12.2 Å². The van der Waals surface area contributed by atoms with Crippen molar-refractivity contribution in [3.63, 3.8) is 0 Å². The summed E-state index contributed by atoms with van der Waals surface area (Å²) in [7, 11) is 0. The summed E-state index contributed by atoms with van der Waals surface area (Å²) in [6.07, 6.45) is 2.81. The number of benzene rings is 2. The molecule has 2 aromatic carbocycles. The Balaban J connectivity index is 2.41. The molecule has 0 amide bonds. The first-order valence-electron chi connectivity index (χ1n) is 6.17. The molecule has 0 N–H and O–H groups in total. The summed E-state index contributed by atoms with van der Waals surface area (Å²) in [4.78, 5) is 0. The number of allylic oxidation sites excluding steroid dienone is 1. The monoisotopic (exact) mass is 289 g/mol. The van der Waals surface area contributed by atoms with Crippen molar-refractivity contribution in [1.82, 2.24) is 0 Å². The van der Waals surface area contributed by atoms with Gasteiger partial charge in [0.2, 0.25) is 0 Å². The first-order valence-corrected chi connectivity index (χ1v) is 6.17. The largest absolute Gasteiger partial charge is 0.457 e. The van der Waals surface area contributed by atoms with Gasteiger partial charge in [0.1, 0.15) is 11.5 Å². The lowest BCUT2D eigenvalue weighted by molar-refractivity contribution is 0.416. The second kappa shape index (κ2) is 6.31. The Hall–Kier alpha value is -2.49. The maximum atomic E-state index is 13.8. The van der Waals surface area contributed by atoms with Crippen LogP contribution >= 0.6 is 0 Å². The van der Waals surface area contributed by atoms with Crippen LogP contribution in [0.2, 0.25) is 0 Å². The summed E-state index contributed by atoms with van der Waals surface area (Å²) >= 11 is 0. The highest BCUT2D eigenvalue weighted by Crippen LogP contribution is 2.31. The second-order valence-electron chi connectivity index (χ2n) is 4.29. The van der Waals surface area contributed by atoms with Crippen LogP contribution in [0.1, 0.15) is 11.1 Å². The zero-order chi connectivity index (χ0) is 15.4. The number of ether oxygens (including phenoxy) is 1. The minimum atomic E-state index is -1.52. The molecule has 21 heavy (non-hydrogen) atoms. The lowest BCUT2D eigenvalue weighted by Crippen LogP contribution is -2.01. The lowest BCUT2D eigenvalue weighted by atomic mass is 10.1. The SMILES string of the molecule is [CH]=Cc1ccc(Oc2cc(F)c(F)c(F)c2CC=C)cc1. The first kappa shape index (κ1) is 14.9. The molecule has 107 valence electrons. The quantitative estimate of drug-likeness (QED) is 0.551. The molecule has 0 atom stereocenters. The Bertz CT molecular complexity index is 675. The molecule has 0 aliphatic rings. The van der Waals surface area contributed by atoms with Gasteiger partial charge in [-0.15, -0.1) is 6.58 Å². The van der Waals surface area contributed by atoms with Crippen molar-refractivity contribution >= 4 is 6.08 Å². The molecular formula is C17H12F3O. The van der Waals surface area contributed by atoms with Gasteiger partial charge in [0.05, 0.1) is 0 Å². The van der Waals surface area contributed by atoms with E-state index in [2.05, 4.69) is 6.58 Å². The predicted molar refractivity (Wildman–Crippen MR) is 75.5 cm³/mol. The maximum Gasteiger partial charge on any atom is 0.194 e. The van der Waals surface area contributed by atoms with Gasteiger partial charge in [-0.25, -0.2) is 13.2 Å². The highest BCUT2D eigenvalue weighted by molar-refractivity contribution is 5.48. The van der Waals surface area contributed by atoms with Crippen LogP contribution in [0.3, 0.4) is 0 Å². The Morgan fingerprint density at radius 1 is 1.10 bits per heavy atom. The van der Waals surface area contributed by atoms with E-state index in [0.717, 1.165) is 11.6 Å². The highest BCUT2D eigenvalue weighted by atomic mass is 19.2. The van der Waals surface area contributed by atoms with E-state index in [9.17, 15) is 13.2 Å². The fraction of sp³-hybridized carbons (Fsp3) is 0.0588. The third-order valence-electron chi connectivity index (χ3n) is 2.87. The number of hydrogen-bond acceptors (Lipinski definition) is 1. The number of hydrogen-bond donors (Lipinski definition) is 0. The molecule has 1 radical (unpaired) electrons. The van der Waals surface area contributed by atoms with Crippen molar-refractivity contribution in [2.24, 2.45) is 0 Å². The Kier molecular flexibility index (Phi) is 4.48. The Morgan fingerprint density at radius 2 is 1.76 bits per heavy atom. The van der Waals surface area contributed by atoms with E-state index in [1.807, 2.05) is 0 Å². The van der Waals surface area contributed by atoms with Crippen molar-refractivity contribution < 1.29 is 17.9 Å². The summed E-state index contributed by atoms with van der Waals surface area (Å²) in [6, 6.07) is 7.36. The highest BCUT2D eigenvalue weighted by Gasteiger charge is 2.19. The number of halogens is 3. The fourth-order valence-corrected chi connectivity index (χ4v) is 1.81. The van der Waals surface area contributed by atoms with Gasteiger partial charge in [-0.3, -0.25) is 0 Å². The first-order chi connectivity index (χ1) is 10.1. The smallest absolute Gasteiger partial charge is 0.194 e. The zero-order valence-electron chi connectivity index (χ0n) is 11.1. The van der Waals surface area contributed by atoms with Gasteiger partial charge in [-0.05, 0) is 24.1 Å². The van der Waals surface area contributed by atoms with Crippen LogP contribution in [0.4, 0.5) is 13.2 Å². The van der Waals surface area contributed by atoms with Gasteiger partial charge in [0, 0.05) is 11.6 Å². The summed E-state index contributed by atoms with van der Waals surface area (Å²) in [5.41, 5.74) is 0.684. The van der Waals surface area contributed by atoms with Crippen molar-refractivity contribution in [2.45, 2.75) is 6.42 Å². The summed E-state index contributed by atoms with van der Waals surface area (Å²) in [5.74, 6) is -3.82. The molecule has 0 aliphatic heterocycles. The van der Waals surface area contributed by atoms with Gasteiger partial charge < -0.3 is 4.74 Å². The summed E-state index contributed by atoms with van der Waals surface area (Å²) in [6.45, 7) is 8.82. The van der Waals surface area contributed by atoms with Crippen molar-refractivity contribution in [3.8, 4) is 11.5 Å². The van der Waals surface area contributed by atoms with Crippen LogP contribution in [0.5, 0.6) is 11.5 Å². The molecule has 0 saturated heterocycles. The van der Waals surface area contributed by atoms with Gasteiger partial charge in [0.25, 0.3) is 0 Å². The summed E-state index contributed by atoms with van der Waals surface area (Å²) in [5, 5.41) is 0. The van der Waals surface area contributed by atoms with E-state index in [0.29, 0.717) is 5.75 Å². The van der Waals surface area contributed by atoms with Crippen LogP contribution < -0.4 is 4.74 Å². The standard InChI is InChI=1S/C17H12F3O/c1-3-5-13-15(10-14(18)17(20)16(13)19)21-12-8-6-11(4-2)7-9-12/h2-4,6-10H,1,5H2. The molecule has 1 nitrogen and oxygen atoms in total. The molecule has 0 unspecified atom stereocenters. The van der Waals surface area contributed by atoms with Crippen LogP contribution in [0, 0.1) is 24.0 Å². The van der Waals surface area contributed by atoms with E-state index in [4.69, 9.17) is 11.3 Å².